The topological polar surface area (TPSA) is 47.3 Å². The van der Waals surface area contributed by atoms with Gasteiger partial charge in [0.15, 0.2) is 6.29 Å². The molecule has 2 aromatic rings. The van der Waals surface area contributed by atoms with Gasteiger partial charge in [-0.1, -0.05) is 11.6 Å². The monoisotopic (exact) mass is 234 g/mol. The Balaban J connectivity index is 2.49. The van der Waals surface area contributed by atoms with Crippen molar-refractivity contribution in [3.8, 4) is 11.3 Å². The van der Waals surface area contributed by atoms with E-state index < -0.39 is 5.63 Å². The molecule has 1 aromatic heterocycles. The van der Waals surface area contributed by atoms with Gasteiger partial charge < -0.3 is 4.42 Å². The second kappa shape index (κ2) is 4.33. The van der Waals surface area contributed by atoms with E-state index >= 15 is 0 Å². The number of hydrogen-bond donors (Lipinski definition) is 0. The molecular weight excluding hydrogens is 228 g/mol. The smallest absolute Gasteiger partial charge is 0.346 e. The van der Waals surface area contributed by atoms with Crippen LogP contribution in [0.5, 0.6) is 0 Å². The molecule has 1 heterocycles. The molecule has 0 aliphatic rings. The molecule has 0 N–H and O–H groups in total. The predicted octanol–water partition coefficient (Wildman–Crippen LogP) is 2.77. The summed E-state index contributed by atoms with van der Waals surface area (Å²) in [5.41, 5.74) is 0.110. The van der Waals surface area contributed by atoms with Crippen LogP contribution in [0.2, 0.25) is 5.02 Å². The fourth-order valence-electron chi connectivity index (χ4n) is 1.28. The molecule has 0 spiro atoms. The van der Waals surface area contributed by atoms with Crippen LogP contribution in [0.4, 0.5) is 0 Å². The van der Waals surface area contributed by atoms with Crippen LogP contribution in [0, 0.1) is 0 Å². The Labute approximate surface area is 96.3 Å². The minimum absolute atomic E-state index is 0.0118. The van der Waals surface area contributed by atoms with Crippen molar-refractivity contribution in [2.24, 2.45) is 0 Å². The zero-order valence-corrected chi connectivity index (χ0v) is 8.90. The molecule has 2 rings (SSSR count). The Bertz CT molecular complexity index is 570. The third-order valence-corrected chi connectivity index (χ3v) is 2.36. The summed E-state index contributed by atoms with van der Waals surface area (Å²) in [6, 6.07) is 9.88. The molecule has 1 aromatic carbocycles. The largest absolute Gasteiger partial charge is 0.422 e. The van der Waals surface area contributed by atoms with E-state index in [0.717, 1.165) is 5.56 Å². The lowest BCUT2D eigenvalue weighted by molar-refractivity contribution is 0.112. The molecule has 0 aliphatic heterocycles. The summed E-state index contributed by atoms with van der Waals surface area (Å²) in [5, 5.41) is 0.607. The molecule has 0 radical (unpaired) electrons. The van der Waals surface area contributed by atoms with Crippen molar-refractivity contribution in [2.75, 3.05) is 0 Å². The van der Waals surface area contributed by atoms with Crippen LogP contribution in [0.3, 0.4) is 0 Å². The summed E-state index contributed by atoms with van der Waals surface area (Å²) < 4.78 is 5.00. The summed E-state index contributed by atoms with van der Waals surface area (Å²) in [6.45, 7) is 0. The number of hydrogen-bond acceptors (Lipinski definition) is 3. The molecule has 3 nitrogen and oxygen atoms in total. The molecule has 0 amide bonds. The normalized spacial score (nSPS) is 10.1. The first-order valence-electron chi connectivity index (χ1n) is 4.56. The van der Waals surface area contributed by atoms with E-state index in [2.05, 4.69) is 0 Å². The van der Waals surface area contributed by atoms with Crippen LogP contribution in [0.15, 0.2) is 45.6 Å². The van der Waals surface area contributed by atoms with Crippen LogP contribution < -0.4 is 5.63 Å². The molecule has 0 saturated heterocycles. The van der Waals surface area contributed by atoms with E-state index in [1.807, 2.05) is 0 Å². The zero-order valence-electron chi connectivity index (χ0n) is 8.14. The van der Waals surface area contributed by atoms with Gasteiger partial charge in [-0.05, 0) is 36.4 Å². The molecule has 80 valence electrons. The second-order valence-electron chi connectivity index (χ2n) is 3.17. The van der Waals surface area contributed by atoms with Gasteiger partial charge in [-0.3, -0.25) is 4.79 Å². The van der Waals surface area contributed by atoms with Crippen molar-refractivity contribution in [3.63, 3.8) is 0 Å². The maximum atomic E-state index is 11.3. The van der Waals surface area contributed by atoms with Crippen molar-refractivity contribution in [1.29, 1.82) is 0 Å². The number of rotatable bonds is 2. The molecule has 4 heteroatoms. The lowest BCUT2D eigenvalue weighted by Crippen LogP contribution is -2.05. The van der Waals surface area contributed by atoms with Gasteiger partial charge in [0.2, 0.25) is 0 Å². The first kappa shape index (κ1) is 10.6. The van der Waals surface area contributed by atoms with Crippen LogP contribution >= 0.6 is 11.6 Å². The summed E-state index contributed by atoms with van der Waals surface area (Å²) in [6.07, 6.45) is 0.470. The van der Waals surface area contributed by atoms with Crippen LogP contribution in [0.25, 0.3) is 11.3 Å². The van der Waals surface area contributed by atoms with E-state index in [-0.39, 0.29) is 5.56 Å². The average Bonchev–Trinajstić information content (AvgIpc) is 2.30. The van der Waals surface area contributed by atoms with Crippen LogP contribution in [0.1, 0.15) is 10.4 Å². The lowest BCUT2D eigenvalue weighted by Gasteiger charge is -1.99. The SMILES string of the molecule is O=Cc1ccc(-c2ccc(Cl)cc2)oc1=O. The van der Waals surface area contributed by atoms with Gasteiger partial charge in [0.25, 0.3) is 0 Å². The van der Waals surface area contributed by atoms with Gasteiger partial charge in [-0.15, -0.1) is 0 Å². The highest BCUT2D eigenvalue weighted by atomic mass is 35.5. The zero-order chi connectivity index (χ0) is 11.5. The molecule has 0 atom stereocenters. The van der Waals surface area contributed by atoms with E-state index in [1.54, 1.807) is 30.3 Å². The highest BCUT2D eigenvalue weighted by Crippen LogP contribution is 2.20. The molecular formula is C12H7ClO3. The van der Waals surface area contributed by atoms with Crippen LogP contribution in [-0.2, 0) is 0 Å². The third-order valence-electron chi connectivity index (χ3n) is 2.11. The highest BCUT2D eigenvalue weighted by Gasteiger charge is 2.04. The van der Waals surface area contributed by atoms with Crippen LogP contribution in [-0.4, -0.2) is 6.29 Å². The van der Waals surface area contributed by atoms with Gasteiger partial charge in [0.05, 0.1) is 5.56 Å². The summed E-state index contributed by atoms with van der Waals surface area (Å²) >= 11 is 5.74. The Hall–Kier alpha value is -1.87. The average molecular weight is 235 g/mol. The number of carbonyl (C=O) groups is 1. The molecule has 0 aliphatic carbocycles. The van der Waals surface area contributed by atoms with Gasteiger partial charge in [0, 0.05) is 10.6 Å². The molecule has 0 fully saturated rings. The second-order valence-corrected chi connectivity index (χ2v) is 3.60. The number of benzene rings is 1. The van der Waals surface area contributed by atoms with E-state index in [4.69, 9.17) is 16.0 Å². The van der Waals surface area contributed by atoms with Crippen molar-refractivity contribution in [1.82, 2.24) is 0 Å². The van der Waals surface area contributed by atoms with Gasteiger partial charge in [0.1, 0.15) is 5.76 Å². The Morgan fingerprint density at radius 2 is 1.75 bits per heavy atom. The van der Waals surface area contributed by atoms with Gasteiger partial charge in [-0.25, -0.2) is 4.79 Å². The number of carbonyl (C=O) groups excluding carboxylic acids is 1. The van der Waals surface area contributed by atoms with Crippen molar-refractivity contribution in [2.45, 2.75) is 0 Å². The number of aldehydes is 1. The standard InChI is InChI=1S/C12H7ClO3/c13-10-4-1-8(2-5-10)11-6-3-9(7-14)12(15)16-11/h1-7H. The number of halogens is 1. The van der Waals surface area contributed by atoms with Crippen molar-refractivity contribution < 1.29 is 9.21 Å². The Kier molecular flexibility index (Phi) is 2.88. The maximum absolute atomic E-state index is 11.3. The maximum Gasteiger partial charge on any atom is 0.346 e. The highest BCUT2D eigenvalue weighted by molar-refractivity contribution is 6.30. The Morgan fingerprint density at radius 1 is 1.06 bits per heavy atom. The summed E-state index contributed by atoms with van der Waals surface area (Å²) in [7, 11) is 0. The molecule has 0 unspecified atom stereocenters. The minimum atomic E-state index is -0.637. The fourth-order valence-corrected chi connectivity index (χ4v) is 1.41. The lowest BCUT2D eigenvalue weighted by atomic mass is 10.1. The van der Waals surface area contributed by atoms with Gasteiger partial charge >= 0.3 is 5.63 Å². The quantitative estimate of drug-likeness (QED) is 0.751. The molecule has 0 bridgehead atoms. The van der Waals surface area contributed by atoms with Crippen molar-refractivity contribution in [3.05, 3.63) is 57.4 Å². The minimum Gasteiger partial charge on any atom is -0.422 e. The van der Waals surface area contributed by atoms with E-state index in [1.165, 1.54) is 6.07 Å². The van der Waals surface area contributed by atoms with Crippen molar-refractivity contribution >= 4 is 17.9 Å². The first-order chi connectivity index (χ1) is 7.70. The van der Waals surface area contributed by atoms with E-state index in [9.17, 15) is 9.59 Å². The summed E-state index contributed by atoms with van der Waals surface area (Å²) in [4.78, 5) is 21.7. The summed E-state index contributed by atoms with van der Waals surface area (Å²) in [5.74, 6) is 0.410. The van der Waals surface area contributed by atoms with Gasteiger partial charge in [-0.2, -0.15) is 0 Å². The molecule has 16 heavy (non-hydrogen) atoms. The predicted molar refractivity (Wildman–Crippen MR) is 60.8 cm³/mol. The van der Waals surface area contributed by atoms with E-state index in [0.29, 0.717) is 17.1 Å². The molecule has 0 saturated carbocycles. The first-order valence-corrected chi connectivity index (χ1v) is 4.94. The Morgan fingerprint density at radius 3 is 2.31 bits per heavy atom. The third kappa shape index (κ3) is 2.04. The fraction of sp³-hybridized carbons (Fsp3) is 0.